The Morgan fingerprint density at radius 2 is 2.23 bits per heavy atom. The maximum Gasteiger partial charge on any atom is 0.257 e. The lowest BCUT2D eigenvalue weighted by atomic mass is 10.0. The van der Waals surface area contributed by atoms with Gasteiger partial charge in [-0.15, -0.1) is 0 Å². The number of nitrogens with one attached hydrogen (secondary N) is 2. The molecule has 0 fully saturated rings. The molecule has 0 spiro atoms. The van der Waals surface area contributed by atoms with E-state index >= 15 is 0 Å². The van der Waals surface area contributed by atoms with Crippen LogP contribution in [0.25, 0.3) is 10.8 Å². The van der Waals surface area contributed by atoms with Crippen LogP contribution in [-0.4, -0.2) is 23.6 Å². The van der Waals surface area contributed by atoms with Crippen LogP contribution in [0.5, 0.6) is 0 Å². The molecule has 7 nitrogen and oxygen atoms in total. The number of aliphatic imine (C=N–C) groups is 2. The first-order valence-electron chi connectivity index (χ1n) is 8.11. The number of hydrogen-bond acceptors (Lipinski definition) is 5. The normalized spacial score (nSPS) is 18.2. The molecule has 0 bridgehead atoms. The predicted molar refractivity (Wildman–Crippen MR) is 104 cm³/mol. The minimum Gasteiger partial charge on any atom is -0.385 e. The van der Waals surface area contributed by atoms with Crippen molar-refractivity contribution in [1.82, 2.24) is 10.3 Å². The van der Waals surface area contributed by atoms with E-state index in [4.69, 9.17) is 11.0 Å². The second-order valence-corrected chi connectivity index (χ2v) is 5.84. The number of rotatable bonds is 4. The number of H-pyrrole nitrogens is 1. The molecule has 0 radical (unpaired) electrons. The van der Waals surface area contributed by atoms with Crippen molar-refractivity contribution in [3.05, 3.63) is 64.2 Å². The molecule has 1 aliphatic heterocycles. The SMILES string of the molecule is CC1C=CNC1=N/C=C\CN=Cc1c(N)[nH]c(=O)c2ccc(C#N)cc12. The van der Waals surface area contributed by atoms with E-state index in [0.717, 1.165) is 5.84 Å². The van der Waals surface area contributed by atoms with E-state index in [-0.39, 0.29) is 17.3 Å². The number of amidine groups is 1. The molecule has 1 aliphatic rings. The number of nitrogens with zero attached hydrogens (tertiary/aromatic N) is 3. The van der Waals surface area contributed by atoms with E-state index < -0.39 is 0 Å². The fourth-order valence-corrected chi connectivity index (χ4v) is 2.62. The summed E-state index contributed by atoms with van der Waals surface area (Å²) < 4.78 is 0. The monoisotopic (exact) mass is 346 g/mol. The smallest absolute Gasteiger partial charge is 0.257 e. The summed E-state index contributed by atoms with van der Waals surface area (Å²) >= 11 is 0. The van der Waals surface area contributed by atoms with Gasteiger partial charge in [0, 0.05) is 34.7 Å². The van der Waals surface area contributed by atoms with Crippen molar-refractivity contribution < 1.29 is 0 Å². The minimum atomic E-state index is -0.290. The fourth-order valence-electron chi connectivity index (χ4n) is 2.62. The molecule has 2 heterocycles. The number of nitrogen functional groups attached to an aromatic ring is 1. The van der Waals surface area contributed by atoms with Crippen LogP contribution in [0.4, 0.5) is 5.82 Å². The summed E-state index contributed by atoms with van der Waals surface area (Å²) in [6, 6.07) is 6.92. The number of hydrogen-bond donors (Lipinski definition) is 3. The van der Waals surface area contributed by atoms with Gasteiger partial charge in [-0.3, -0.25) is 9.79 Å². The van der Waals surface area contributed by atoms with Crippen molar-refractivity contribution in [2.75, 3.05) is 12.3 Å². The van der Waals surface area contributed by atoms with E-state index in [1.807, 2.05) is 18.4 Å². The van der Waals surface area contributed by atoms with Crippen LogP contribution >= 0.6 is 0 Å². The van der Waals surface area contributed by atoms with Gasteiger partial charge >= 0.3 is 0 Å². The quantitative estimate of drug-likeness (QED) is 0.734. The molecule has 1 unspecified atom stereocenters. The van der Waals surface area contributed by atoms with Crippen molar-refractivity contribution in [1.29, 1.82) is 5.26 Å². The average molecular weight is 346 g/mol. The zero-order valence-electron chi connectivity index (χ0n) is 14.2. The molecule has 0 aliphatic carbocycles. The summed E-state index contributed by atoms with van der Waals surface area (Å²) in [5.74, 6) is 1.40. The number of anilines is 1. The van der Waals surface area contributed by atoms with E-state index in [9.17, 15) is 4.79 Å². The largest absolute Gasteiger partial charge is 0.385 e. The molecular formula is C19H18N6O. The third-order valence-corrected chi connectivity index (χ3v) is 4.02. The van der Waals surface area contributed by atoms with Crippen molar-refractivity contribution in [3.63, 3.8) is 0 Å². The lowest BCUT2D eigenvalue weighted by Gasteiger charge is -2.05. The van der Waals surface area contributed by atoms with Crippen LogP contribution in [0.15, 0.2) is 57.5 Å². The lowest BCUT2D eigenvalue weighted by molar-refractivity contribution is 0.995. The number of fused-ring (bicyclic) bond motifs is 1. The van der Waals surface area contributed by atoms with Crippen LogP contribution in [0.2, 0.25) is 0 Å². The summed E-state index contributed by atoms with van der Waals surface area (Å²) in [4.78, 5) is 23.3. The summed E-state index contributed by atoms with van der Waals surface area (Å²) in [6.45, 7) is 2.47. The zero-order valence-corrected chi connectivity index (χ0v) is 14.2. The van der Waals surface area contributed by atoms with Crippen molar-refractivity contribution >= 4 is 28.6 Å². The van der Waals surface area contributed by atoms with Gasteiger partial charge in [0.1, 0.15) is 11.7 Å². The molecule has 0 saturated heterocycles. The Bertz CT molecular complexity index is 1050. The summed E-state index contributed by atoms with van der Waals surface area (Å²) in [6.07, 6.45) is 9.02. The molecule has 1 aromatic carbocycles. The number of pyridine rings is 1. The predicted octanol–water partition coefficient (Wildman–Crippen LogP) is 2.07. The Balaban J connectivity index is 1.81. The second kappa shape index (κ2) is 7.49. The Kier molecular flexibility index (Phi) is 4.94. The summed E-state index contributed by atoms with van der Waals surface area (Å²) in [5.41, 5.74) is 6.69. The zero-order chi connectivity index (χ0) is 18.5. The van der Waals surface area contributed by atoms with Gasteiger partial charge in [-0.25, -0.2) is 4.99 Å². The maximum atomic E-state index is 12.0. The van der Waals surface area contributed by atoms with Crippen LogP contribution in [0.1, 0.15) is 18.1 Å². The first-order chi connectivity index (χ1) is 12.6. The maximum absolute atomic E-state index is 12.0. The molecular weight excluding hydrogens is 328 g/mol. The van der Waals surface area contributed by atoms with Crippen LogP contribution in [0, 0.1) is 17.2 Å². The van der Waals surface area contributed by atoms with Crippen molar-refractivity contribution in [3.8, 4) is 6.07 Å². The third-order valence-electron chi connectivity index (χ3n) is 4.02. The van der Waals surface area contributed by atoms with E-state index in [1.54, 1.807) is 30.6 Å². The van der Waals surface area contributed by atoms with Gasteiger partial charge in [0.05, 0.1) is 18.2 Å². The van der Waals surface area contributed by atoms with E-state index in [2.05, 4.69) is 33.3 Å². The molecule has 1 atom stereocenters. The average Bonchev–Trinajstić information content (AvgIpc) is 3.04. The molecule has 0 saturated carbocycles. The third kappa shape index (κ3) is 3.54. The fraction of sp³-hybridized carbons (Fsp3) is 0.158. The highest BCUT2D eigenvalue weighted by Crippen LogP contribution is 2.19. The molecule has 3 rings (SSSR count). The first kappa shape index (κ1) is 17.2. The summed E-state index contributed by atoms with van der Waals surface area (Å²) in [7, 11) is 0. The van der Waals surface area contributed by atoms with Crippen LogP contribution in [0.3, 0.4) is 0 Å². The molecule has 1 aromatic heterocycles. The van der Waals surface area contributed by atoms with Crippen molar-refractivity contribution in [2.45, 2.75) is 6.92 Å². The highest BCUT2D eigenvalue weighted by molar-refractivity contribution is 6.03. The molecule has 130 valence electrons. The van der Waals surface area contributed by atoms with Gasteiger partial charge < -0.3 is 16.0 Å². The Morgan fingerprint density at radius 1 is 1.38 bits per heavy atom. The van der Waals surface area contributed by atoms with Gasteiger partial charge in [0.25, 0.3) is 5.56 Å². The van der Waals surface area contributed by atoms with E-state index in [1.165, 1.54) is 0 Å². The van der Waals surface area contributed by atoms with E-state index in [0.29, 0.717) is 28.4 Å². The highest BCUT2D eigenvalue weighted by atomic mass is 16.1. The van der Waals surface area contributed by atoms with Crippen molar-refractivity contribution in [2.24, 2.45) is 15.9 Å². The highest BCUT2D eigenvalue weighted by Gasteiger charge is 2.10. The first-order valence-corrected chi connectivity index (χ1v) is 8.11. The topological polar surface area (TPSA) is 119 Å². The van der Waals surface area contributed by atoms with Gasteiger partial charge in [0.2, 0.25) is 0 Å². The van der Waals surface area contributed by atoms with Crippen LogP contribution in [-0.2, 0) is 0 Å². The number of aromatic nitrogens is 1. The Labute approximate surface area is 150 Å². The number of nitriles is 1. The summed E-state index contributed by atoms with van der Waals surface area (Å²) in [5, 5.41) is 13.2. The minimum absolute atomic E-state index is 0.223. The second-order valence-electron chi connectivity index (χ2n) is 5.84. The van der Waals surface area contributed by atoms with Crippen LogP contribution < -0.4 is 16.6 Å². The molecule has 0 amide bonds. The number of nitrogens with two attached hydrogens (primary N) is 1. The van der Waals surface area contributed by atoms with Gasteiger partial charge in [-0.1, -0.05) is 13.0 Å². The standard InChI is InChI=1S/C19H18N6O/c1-12-5-8-24-18(12)23-7-2-6-22-11-16-15-9-13(10-20)3-4-14(15)19(26)25-17(16)21/h2-5,7-9,11-12H,6H2,1H3,(H,23,24)(H3,21,25,26)/b7-2-,22-11?. The van der Waals surface area contributed by atoms with Gasteiger partial charge in [-0.2, -0.15) is 5.26 Å². The molecule has 26 heavy (non-hydrogen) atoms. The number of aromatic amines is 1. The Hall–Kier alpha value is -3.66. The molecule has 4 N–H and O–H groups in total. The lowest BCUT2D eigenvalue weighted by Crippen LogP contribution is -2.16. The Morgan fingerprint density at radius 3 is 2.96 bits per heavy atom. The van der Waals surface area contributed by atoms with Gasteiger partial charge in [-0.05, 0) is 30.5 Å². The van der Waals surface area contributed by atoms with Gasteiger partial charge in [0.15, 0.2) is 0 Å². The molecule has 2 aromatic rings. The molecule has 7 heteroatoms. The number of benzene rings is 1.